The second kappa shape index (κ2) is 9.22. The van der Waals surface area contributed by atoms with Crippen LogP contribution in [0.1, 0.15) is 46.0 Å². The van der Waals surface area contributed by atoms with Crippen LogP contribution in [0.25, 0.3) is 0 Å². The number of nitrogens with zero attached hydrogens (tertiary/aromatic N) is 3. The highest BCUT2D eigenvalue weighted by molar-refractivity contribution is 6.00. The maximum absolute atomic E-state index is 13.9. The number of aliphatic hydroxyl groups excluding tert-OH is 1. The molecule has 182 valence electrons. The third-order valence-corrected chi connectivity index (χ3v) is 7.68. The molecule has 4 rings (SSSR count). The van der Waals surface area contributed by atoms with Crippen molar-refractivity contribution in [3.8, 4) is 0 Å². The van der Waals surface area contributed by atoms with Gasteiger partial charge < -0.3 is 24.5 Å². The Bertz CT molecular complexity index is 857. The van der Waals surface area contributed by atoms with Crippen molar-refractivity contribution in [3.63, 3.8) is 0 Å². The predicted molar refractivity (Wildman–Crippen MR) is 123 cm³/mol. The first-order chi connectivity index (χ1) is 15.8. The fourth-order valence-corrected chi connectivity index (χ4v) is 6.08. The van der Waals surface area contributed by atoms with Crippen LogP contribution in [-0.4, -0.2) is 94.6 Å². The summed E-state index contributed by atoms with van der Waals surface area (Å²) in [4.78, 5) is 46.4. The molecule has 0 radical (unpaired) electrons. The molecule has 4 heterocycles. The minimum absolute atomic E-state index is 0.0313. The van der Waals surface area contributed by atoms with Crippen LogP contribution in [0.4, 0.5) is 0 Å². The van der Waals surface area contributed by atoms with Crippen LogP contribution >= 0.6 is 0 Å². The second-order valence-electron chi connectivity index (χ2n) is 9.97. The summed E-state index contributed by atoms with van der Waals surface area (Å²) in [6.45, 7) is 5.95. The molecule has 0 aromatic carbocycles. The van der Waals surface area contributed by atoms with E-state index >= 15 is 0 Å². The molecule has 5 atom stereocenters. The van der Waals surface area contributed by atoms with Gasteiger partial charge in [-0.1, -0.05) is 44.1 Å². The minimum Gasteiger partial charge on any atom is -0.396 e. The number of fused-ring (bicyclic) bond motifs is 2. The van der Waals surface area contributed by atoms with Gasteiger partial charge in [0.2, 0.25) is 17.7 Å². The monoisotopic (exact) mass is 459 g/mol. The van der Waals surface area contributed by atoms with Gasteiger partial charge in [-0.2, -0.15) is 0 Å². The van der Waals surface area contributed by atoms with Crippen LogP contribution in [0.3, 0.4) is 0 Å². The van der Waals surface area contributed by atoms with Crippen molar-refractivity contribution < 1.29 is 24.2 Å². The number of ether oxygens (including phenoxy) is 1. The van der Waals surface area contributed by atoms with Gasteiger partial charge in [0.05, 0.1) is 17.4 Å². The van der Waals surface area contributed by atoms with Crippen molar-refractivity contribution >= 4 is 17.7 Å². The maximum atomic E-state index is 13.9. The first-order valence-electron chi connectivity index (χ1n) is 12.3. The SMILES string of the molecule is CCCCCN1CC=C[C@]23O[C@]4(C)C=CCN(C)C(=O)[C@@H]4[C@H]2C(=O)N(CCCCO)C3C1=O. The zero-order valence-corrected chi connectivity index (χ0v) is 20.0. The van der Waals surface area contributed by atoms with E-state index in [1.165, 1.54) is 0 Å². The van der Waals surface area contributed by atoms with E-state index < -0.39 is 29.1 Å². The van der Waals surface area contributed by atoms with Gasteiger partial charge in [0, 0.05) is 39.8 Å². The quantitative estimate of drug-likeness (QED) is 0.437. The normalized spacial score (nSPS) is 35.6. The maximum Gasteiger partial charge on any atom is 0.249 e. The number of rotatable bonds is 8. The van der Waals surface area contributed by atoms with E-state index in [0.29, 0.717) is 39.0 Å². The van der Waals surface area contributed by atoms with E-state index in [4.69, 9.17) is 4.74 Å². The number of carbonyl (C=O) groups excluding carboxylic acids is 3. The molecule has 1 spiro atoms. The molecular weight excluding hydrogens is 422 g/mol. The summed E-state index contributed by atoms with van der Waals surface area (Å²) in [5.74, 6) is -1.88. The molecule has 8 heteroatoms. The fourth-order valence-electron chi connectivity index (χ4n) is 6.08. The van der Waals surface area contributed by atoms with Gasteiger partial charge in [-0.15, -0.1) is 0 Å². The van der Waals surface area contributed by atoms with Crippen molar-refractivity contribution in [2.45, 2.75) is 63.2 Å². The second-order valence-corrected chi connectivity index (χ2v) is 9.97. The van der Waals surface area contributed by atoms with Crippen LogP contribution in [0.15, 0.2) is 24.3 Å². The van der Waals surface area contributed by atoms with E-state index in [9.17, 15) is 19.5 Å². The lowest BCUT2D eigenvalue weighted by atomic mass is 9.74. The van der Waals surface area contributed by atoms with Gasteiger partial charge in [-0.3, -0.25) is 14.4 Å². The van der Waals surface area contributed by atoms with Gasteiger partial charge >= 0.3 is 0 Å². The summed E-state index contributed by atoms with van der Waals surface area (Å²) in [6.07, 6.45) is 11.8. The molecule has 0 aromatic heterocycles. The molecule has 4 aliphatic heterocycles. The standard InChI is InChI=1S/C25H37N3O5/c1-4-5-6-14-27-15-10-12-25-19(18-21(30)26(3)13-9-11-24(18,2)33-25)22(31)28(16-7-8-17-29)20(25)23(27)32/h9-12,18-20,29H,4-8,13-17H2,1-3H3/t18-,19-,20?,24+,25-/m0/s1. The lowest BCUT2D eigenvalue weighted by Gasteiger charge is -2.37. The fraction of sp³-hybridized carbons (Fsp3) is 0.720. The number of aliphatic hydroxyl groups is 1. The molecule has 33 heavy (non-hydrogen) atoms. The largest absolute Gasteiger partial charge is 0.396 e. The molecule has 4 aliphatic rings. The molecule has 1 unspecified atom stereocenters. The lowest BCUT2D eigenvalue weighted by molar-refractivity contribution is -0.152. The Morgan fingerprint density at radius 1 is 0.970 bits per heavy atom. The topological polar surface area (TPSA) is 90.4 Å². The van der Waals surface area contributed by atoms with Gasteiger partial charge in [-0.25, -0.2) is 0 Å². The first kappa shape index (κ1) is 24.0. The van der Waals surface area contributed by atoms with Gasteiger partial charge in [0.1, 0.15) is 11.6 Å². The lowest BCUT2D eigenvalue weighted by Crippen LogP contribution is -2.56. The predicted octanol–water partition coefficient (Wildman–Crippen LogP) is 1.35. The Morgan fingerprint density at radius 2 is 1.70 bits per heavy atom. The Balaban J connectivity index is 1.76. The molecule has 0 aromatic rings. The Labute approximate surface area is 196 Å². The van der Waals surface area contributed by atoms with Gasteiger partial charge in [-0.05, 0) is 26.2 Å². The van der Waals surface area contributed by atoms with Crippen LogP contribution in [-0.2, 0) is 19.1 Å². The third kappa shape index (κ3) is 3.81. The van der Waals surface area contributed by atoms with Crippen molar-refractivity contribution in [3.05, 3.63) is 24.3 Å². The molecular formula is C25H37N3O5. The average Bonchev–Trinajstić information content (AvgIpc) is 3.05. The van der Waals surface area contributed by atoms with Crippen LogP contribution in [0.2, 0.25) is 0 Å². The molecule has 2 fully saturated rings. The Kier molecular flexibility index (Phi) is 6.69. The van der Waals surface area contributed by atoms with Crippen LogP contribution < -0.4 is 0 Å². The molecule has 0 saturated carbocycles. The highest BCUT2D eigenvalue weighted by atomic mass is 16.5. The highest BCUT2D eigenvalue weighted by Gasteiger charge is 2.74. The minimum atomic E-state index is -1.18. The van der Waals surface area contributed by atoms with Crippen molar-refractivity contribution in [2.75, 3.05) is 39.8 Å². The zero-order valence-electron chi connectivity index (χ0n) is 20.0. The smallest absolute Gasteiger partial charge is 0.249 e. The van der Waals surface area contributed by atoms with Gasteiger partial charge in [0.25, 0.3) is 0 Å². The van der Waals surface area contributed by atoms with E-state index in [1.807, 2.05) is 36.1 Å². The third-order valence-electron chi connectivity index (χ3n) is 7.68. The summed E-state index contributed by atoms with van der Waals surface area (Å²) >= 11 is 0. The van der Waals surface area contributed by atoms with Crippen molar-refractivity contribution in [1.82, 2.24) is 14.7 Å². The molecule has 8 nitrogen and oxygen atoms in total. The van der Waals surface area contributed by atoms with E-state index in [-0.39, 0.29) is 24.3 Å². The summed E-state index contributed by atoms with van der Waals surface area (Å²) in [6, 6.07) is -0.802. The number of carbonyl (C=O) groups is 3. The molecule has 0 bridgehead atoms. The molecule has 1 N–H and O–H groups in total. The Morgan fingerprint density at radius 3 is 2.42 bits per heavy atom. The summed E-state index contributed by atoms with van der Waals surface area (Å²) in [7, 11) is 1.74. The van der Waals surface area contributed by atoms with Crippen LogP contribution in [0.5, 0.6) is 0 Å². The summed E-state index contributed by atoms with van der Waals surface area (Å²) in [5.41, 5.74) is -2.13. The number of hydrogen-bond acceptors (Lipinski definition) is 5. The highest BCUT2D eigenvalue weighted by Crippen LogP contribution is 2.57. The van der Waals surface area contributed by atoms with Crippen LogP contribution in [0, 0.1) is 11.8 Å². The first-order valence-corrected chi connectivity index (χ1v) is 12.3. The summed E-state index contributed by atoms with van der Waals surface area (Å²) < 4.78 is 6.72. The van der Waals surface area contributed by atoms with E-state index in [0.717, 1.165) is 19.3 Å². The zero-order chi connectivity index (χ0) is 23.8. The molecule has 3 amide bonds. The average molecular weight is 460 g/mol. The summed E-state index contributed by atoms with van der Waals surface area (Å²) in [5, 5.41) is 9.27. The molecule has 0 aliphatic carbocycles. The van der Waals surface area contributed by atoms with Gasteiger partial charge in [0.15, 0.2) is 0 Å². The van der Waals surface area contributed by atoms with E-state index in [1.54, 1.807) is 16.8 Å². The number of amides is 3. The molecule has 2 saturated heterocycles. The number of likely N-dealkylation sites (N-methyl/N-ethyl adjacent to an activating group) is 1. The Hall–Kier alpha value is -2.19. The van der Waals surface area contributed by atoms with Crippen molar-refractivity contribution in [1.29, 1.82) is 0 Å². The number of unbranched alkanes of at least 4 members (excludes halogenated alkanes) is 3. The number of likely N-dealkylation sites (tertiary alicyclic amines) is 1. The van der Waals surface area contributed by atoms with E-state index in [2.05, 4.69) is 6.92 Å². The number of hydrogen-bond donors (Lipinski definition) is 1. The van der Waals surface area contributed by atoms with Crippen molar-refractivity contribution in [2.24, 2.45) is 11.8 Å².